The van der Waals surface area contributed by atoms with Crippen molar-refractivity contribution in [3.05, 3.63) is 54.1 Å². The van der Waals surface area contributed by atoms with E-state index in [-0.39, 0.29) is 0 Å². The van der Waals surface area contributed by atoms with Gasteiger partial charge in [0, 0.05) is 11.1 Å². The number of ether oxygens (including phenoxy) is 1. The third-order valence-electron chi connectivity index (χ3n) is 3.80. The molecule has 6 nitrogen and oxygen atoms in total. The summed E-state index contributed by atoms with van der Waals surface area (Å²) in [6.45, 7) is 1.65. The first-order valence-corrected chi connectivity index (χ1v) is 7.40. The molecule has 6 heteroatoms. The van der Waals surface area contributed by atoms with Gasteiger partial charge in [0.15, 0.2) is 0 Å². The maximum atomic E-state index is 11.0. The van der Waals surface area contributed by atoms with Crippen molar-refractivity contribution in [2.24, 2.45) is 0 Å². The van der Waals surface area contributed by atoms with Crippen LogP contribution in [0.2, 0.25) is 0 Å². The molecule has 2 aromatic carbocycles. The van der Waals surface area contributed by atoms with Crippen LogP contribution in [-0.4, -0.2) is 28.3 Å². The van der Waals surface area contributed by atoms with Crippen LogP contribution in [-0.2, 0) is 4.79 Å². The van der Waals surface area contributed by atoms with Gasteiger partial charge < -0.3 is 14.4 Å². The number of carboxylic acids is 1. The van der Waals surface area contributed by atoms with Crippen LogP contribution in [0.1, 0.15) is 18.4 Å². The molecule has 122 valence electrons. The summed E-state index contributed by atoms with van der Waals surface area (Å²) in [6, 6.07) is 14.4. The number of hydrogen-bond donors (Lipinski definition) is 1. The largest absolute Gasteiger partial charge is 0.497 e. The van der Waals surface area contributed by atoms with Crippen LogP contribution in [0, 0.1) is 0 Å². The number of hydrogen-bond acceptors (Lipinski definition) is 5. The topological polar surface area (TPSA) is 85.5 Å². The van der Waals surface area contributed by atoms with Gasteiger partial charge >= 0.3 is 5.97 Å². The molecule has 0 bridgehead atoms. The molecule has 0 spiro atoms. The van der Waals surface area contributed by atoms with E-state index in [1.807, 2.05) is 24.3 Å². The van der Waals surface area contributed by atoms with Crippen molar-refractivity contribution in [3.8, 4) is 28.6 Å². The maximum absolute atomic E-state index is 11.0. The molecule has 1 atom stereocenters. The predicted molar refractivity (Wildman–Crippen MR) is 87.8 cm³/mol. The Hall–Kier alpha value is -3.15. The quantitative estimate of drug-likeness (QED) is 0.772. The minimum absolute atomic E-state index is 0.413. The monoisotopic (exact) mass is 324 g/mol. The normalized spacial score (nSPS) is 11.9. The number of carbonyl (C=O) groups is 1. The van der Waals surface area contributed by atoms with Gasteiger partial charge in [0.25, 0.3) is 5.89 Å². The molecule has 0 saturated carbocycles. The van der Waals surface area contributed by atoms with E-state index in [2.05, 4.69) is 10.1 Å². The third-order valence-corrected chi connectivity index (χ3v) is 3.80. The SMILES string of the molecule is COc1ccc(-c2nc(-c3ccc(C(C)C(=O)O)cc3)no2)cc1. The molecule has 24 heavy (non-hydrogen) atoms. The Morgan fingerprint density at radius 2 is 1.71 bits per heavy atom. The van der Waals surface area contributed by atoms with Crippen molar-refractivity contribution in [2.45, 2.75) is 12.8 Å². The molecule has 1 heterocycles. The summed E-state index contributed by atoms with van der Waals surface area (Å²) in [5.41, 5.74) is 2.29. The molecule has 0 aliphatic carbocycles. The van der Waals surface area contributed by atoms with Crippen LogP contribution < -0.4 is 4.74 Å². The van der Waals surface area contributed by atoms with E-state index in [9.17, 15) is 4.79 Å². The van der Waals surface area contributed by atoms with Gasteiger partial charge in [0.1, 0.15) is 5.75 Å². The van der Waals surface area contributed by atoms with E-state index >= 15 is 0 Å². The average Bonchev–Trinajstić information content (AvgIpc) is 3.11. The van der Waals surface area contributed by atoms with Gasteiger partial charge in [-0.1, -0.05) is 29.4 Å². The molecule has 1 unspecified atom stereocenters. The summed E-state index contributed by atoms with van der Waals surface area (Å²) in [5, 5.41) is 13.0. The van der Waals surface area contributed by atoms with Crippen LogP contribution >= 0.6 is 0 Å². The third kappa shape index (κ3) is 3.12. The Labute approximate surface area is 138 Å². The second kappa shape index (κ2) is 6.54. The number of nitrogens with zero attached hydrogens (tertiary/aromatic N) is 2. The first-order valence-electron chi connectivity index (χ1n) is 7.40. The minimum atomic E-state index is -0.857. The first kappa shape index (κ1) is 15.7. The van der Waals surface area contributed by atoms with Crippen LogP contribution in [0.15, 0.2) is 53.1 Å². The van der Waals surface area contributed by atoms with Crippen LogP contribution in [0.3, 0.4) is 0 Å². The molecule has 0 saturated heterocycles. The Balaban J connectivity index is 1.83. The molecule has 0 fully saturated rings. The molecular weight excluding hydrogens is 308 g/mol. The number of aliphatic carboxylic acids is 1. The van der Waals surface area contributed by atoms with E-state index in [0.29, 0.717) is 11.7 Å². The Kier molecular flexibility index (Phi) is 4.29. The van der Waals surface area contributed by atoms with Crippen molar-refractivity contribution in [2.75, 3.05) is 7.11 Å². The molecular formula is C18H16N2O4. The predicted octanol–water partition coefficient (Wildman–Crippen LogP) is 3.60. The van der Waals surface area contributed by atoms with Crippen molar-refractivity contribution >= 4 is 5.97 Å². The van der Waals surface area contributed by atoms with Crippen LogP contribution in [0.25, 0.3) is 22.8 Å². The molecule has 1 N–H and O–H groups in total. The van der Waals surface area contributed by atoms with E-state index < -0.39 is 11.9 Å². The highest BCUT2D eigenvalue weighted by molar-refractivity contribution is 5.75. The first-order chi connectivity index (χ1) is 11.6. The van der Waals surface area contributed by atoms with Gasteiger partial charge in [-0.15, -0.1) is 0 Å². The molecule has 1 aromatic heterocycles. The average molecular weight is 324 g/mol. The molecule has 3 aromatic rings. The zero-order valence-electron chi connectivity index (χ0n) is 13.3. The molecule has 0 radical (unpaired) electrons. The van der Waals surface area contributed by atoms with Gasteiger partial charge in [-0.25, -0.2) is 0 Å². The van der Waals surface area contributed by atoms with E-state index in [0.717, 1.165) is 22.4 Å². The smallest absolute Gasteiger partial charge is 0.310 e. The van der Waals surface area contributed by atoms with Crippen molar-refractivity contribution in [1.29, 1.82) is 0 Å². The summed E-state index contributed by atoms with van der Waals surface area (Å²) in [7, 11) is 1.61. The highest BCUT2D eigenvalue weighted by atomic mass is 16.5. The zero-order valence-corrected chi connectivity index (χ0v) is 13.3. The summed E-state index contributed by atoms with van der Waals surface area (Å²) >= 11 is 0. The lowest BCUT2D eigenvalue weighted by atomic mass is 10.00. The number of benzene rings is 2. The Morgan fingerprint density at radius 1 is 1.08 bits per heavy atom. The highest BCUT2D eigenvalue weighted by Gasteiger charge is 2.15. The van der Waals surface area contributed by atoms with Crippen molar-refractivity contribution in [1.82, 2.24) is 10.1 Å². The van der Waals surface area contributed by atoms with Gasteiger partial charge in [-0.3, -0.25) is 4.79 Å². The van der Waals surface area contributed by atoms with Crippen molar-refractivity contribution in [3.63, 3.8) is 0 Å². The van der Waals surface area contributed by atoms with E-state index in [4.69, 9.17) is 14.4 Å². The van der Waals surface area contributed by atoms with Gasteiger partial charge in [-0.05, 0) is 36.8 Å². The highest BCUT2D eigenvalue weighted by Crippen LogP contribution is 2.25. The Bertz CT molecular complexity index is 838. The number of rotatable bonds is 5. The minimum Gasteiger partial charge on any atom is -0.497 e. The van der Waals surface area contributed by atoms with E-state index in [1.54, 1.807) is 38.3 Å². The van der Waals surface area contributed by atoms with Crippen molar-refractivity contribution < 1.29 is 19.2 Å². The maximum Gasteiger partial charge on any atom is 0.310 e. The van der Waals surface area contributed by atoms with Crippen LogP contribution in [0.5, 0.6) is 5.75 Å². The molecule has 3 rings (SSSR count). The lowest BCUT2D eigenvalue weighted by molar-refractivity contribution is -0.138. The number of carboxylic acid groups (broad SMARTS) is 1. The fourth-order valence-corrected chi connectivity index (χ4v) is 2.26. The summed E-state index contributed by atoms with van der Waals surface area (Å²) in [4.78, 5) is 15.4. The number of aromatic nitrogens is 2. The van der Waals surface area contributed by atoms with Gasteiger partial charge in [-0.2, -0.15) is 4.98 Å². The molecule has 0 amide bonds. The second-order valence-electron chi connectivity index (χ2n) is 5.33. The lowest BCUT2D eigenvalue weighted by Gasteiger charge is -2.06. The lowest BCUT2D eigenvalue weighted by Crippen LogP contribution is -2.06. The fourth-order valence-electron chi connectivity index (χ4n) is 2.26. The summed E-state index contributed by atoms with van der Waals surface area (Å²) < 4.78 is 10.4. The second-order valence-corrected chi connectivity index (χ2v) is 5.33. The number of methoxy groups -OCH3 is 1. The zero-order chi connectivity index (χ0) is 17.1. The van der Waals surface area contributed by atoms with Gasteiger partial charge in [0.2, 0.25) is 5.82 Å². The Morgan fingerprint density at radius 3 is 2.29 bits per heavy atom. The summed E-state index contributed by atoms with van der Waals surface area (Å²) in [6.07, 6.45) is 0. The van der Waals surface area contributed by atoms with Gasteiger partial charge in [0.05, 0.1) is 13.0 Å². The molecule has 0 aliphatic heterocycles. The summed E-state index contributed by atoms with van der Waals surface area (Å²) in [5.74, 6) is 0.205. The standard InChI is InChI=1S/C18H16N2O4/c1-11(18(21)22)12-3-5-13(6-4-12)16-19-17(24-20-16)14-7-9-15(23-2)10-8-14/h3-11H,1-2H3,(H,21,22). The van der Waals surface area contributed by atoms with Crippen LogP contribution in [0.4, 0.5) is 0 Å². The molecule has 0 aliphatic rings. The van der Waals surface area contributed by atoms with E-state index in [1.165, 1.54) is 0 Å². The fraction of sp³-hybridized carbons (Fsp3) is 0.167.